The van der Waals surface area contributed by atoms with Gasteiger partial charge in [0.1, 0.15) is 11.8 Å². The van der Waals surface area contributed by atoms with Gasteiger partial charge in [0.25, 0.3) is 5.91 Å². The lowest BCUT2D eigenvalue weighted by molar-refractivity contribution is -0.122. The maximum atomic E-state index is 12.9. The Balaban J connectivity index is 0.00000529. The number of hydrogen-bond donors (Lipinski definition) is 1. The smallest absolute Gasteiger partial charge is 0.253 e. The quantitative estimate of drug-likeness (QED) is 0.194. The second-order valence-electron chi connectivity index (χ2n) is 9.65. The van der Waals surface area contributed by atoms with Crippen LogP contribution in [-0.2, 0) is 16.2 Å². The molecule has 2 aromatic heterocycles. The summed E-state index contributed by atoms with van der Waals surface area (Å²) in [4.78, 5) is 44.9. The van der Waals surface area contributed by atoms with Crippen molar-refractivity contribution in [3.63, 3.8) is 0 Å². The van der Waals surface area contributed by atoms with Crippen LogP contribution in [0.15, 0.2) is 60.8 Å². The number of carbonyl (C=O) groups excluding carboxylic acids is 3. The van der Waals surface area contributed by atoms with Crippen LogP contribution in [-0.4, -0.2) is 59.2 Å². The van der Waals surface area contributed by atoms with E-state index >= 15 is 0 Å². The van der Waals surface area contributed by atoms with Crippen molar-refractivity contribution in [3.05, 3.63) is 98.4 Å². The molecule has 0 aliphatic carbocycles. The topological polar surface area (TPSA) is 96.2 Å². The van der Waals surface area contributed by atoms with Crippen LogP contribution in [0.2, 0.25) is 15.2 Å². The van der Waals surface area contributed by atoms with Crippen molar-refractivity contribution in [1.29, 1.82) is 0 Å². The number of anilines is 1. The fourth-order valence-electron chi connectivity index (χ4n) is 4.11. The zero-order valence-corrected chi connectivity index (χ0v) is 27.5. The number of aryl methyl sites for hydroxylation is 1. The van der Waals surface area contributed by atoms with Crippen molar-refractivity contribution in [2.45, 2.75) is 20.5 Å². The fourth-order valence-corrected chi connectivity index (χ4v) is 4.90. The van der Waals surface area contributed by atoms with Gasteiger partial charge in [-0.1, -0.05) is 46.9 Å². The molecule has 0 bridgehead atoms. The number of amides is 3. The highest BCUT2D eigenvalue weighted by Crippen LogP contribution is 2.35. The third kappa shape index (κ3) is 7.84. The molecule has 44 heavy (non-hydrogen) atoms. The lowest BCUT2D eigenvalue weighted by atomic mass is 10.1. The van der Waals surface area contributed by atoms with Gasteiger partial charge in [0.2, 0.25) is 11.8 Å². The van der Waals surface area contributed by atoms with E-state index in [1.54, 1.807) is 91.1 Å². The molecule has 0 aliphatic rings. The zero-order valence-electron chi connectivity index (χ0n) is 24.4. The number of benzene rings is 2. The monoisotopic (exact) mass is 677 g/mol. The molecule has 232 valence electrons. The molecular weight excluding hydrogens is 648 g/mol. The first kappa shape index (κ1) is 34.7. The highest BCUT2D eigenvalue weighted by atomic mass is 35.5. The number of hydrogen-bond acceptors (Lipinski definition) is 5. The summed E-state index contributed by atoms with van der Waals surface area (Å²) in [7, 11) is 3.29. The van der Waals surface area contributed by atoms with E-state index in [-0.39, 0.29) is 36.5 Å². The minimum atomic E-state index is -0.451. The normalized spacial score (nSPS) is 10.9. The Kier molecular flexibility index (Phi) is 12.1. The van der Waals surface area contributed by atoms with E-state index in [4.69, 9.17) is 39.5 Å². The van der Waals surface area contributed by atoms with Gasteiger partial charge in [-0.05, 0) is 61.9 Å². The first-order chi connectivity index (χ1) is 20.5. The summed E-state index contributed by atoms with van der Waals surface area (Å²) in [6.07, 6.45) is 4.71. The van der Waals surface area contributed by atoms with Gasteiger partial charge in [-0.2, -0.15) is 0 Å². The van der Waals surface area contributed by atoms with Crippen LogP contribution < -0.4 is 15.0 Å². The zero-order chi connectivity index (χ0) is 31.3. The van der Waals surface area contributed by atoms with E-state index in [1.165, 1.54) is 11.0 Å². The molecule has 0 unspecified atom stereocenters. The summed E-state index contributed by atoms with van der Waals surface area (Å²) in [5.74, 6) is -0.435. The molecule has 0 saturated carbocycles. The predicted octanol–water partition coefficient (Wildman–Crippen LogP) is 6.49. The van der Waals surface area contributed by atoms with Gasteiger partial charge in [0.05, 0.1) is 22.9 Å². The second-order valence-corrected chi connectivity index (χ2v) is 10.8. The van der Waals surface area contributed by atoms with Gasteiger partial charge in [-0.3, -0.25) is 18.8 Å². The number of nitrogens with zero attached hydrogens (tertiary/aromatic N) is 4. The van der Waals surface area contributed by atoms with Crippen LogP contribution in [0, 0.1) is 6.92 Å². The number of halogens is 4. The predicted molar refractivity (Wildman–Crippen MR) is 178 cm³/mol. The van der Waals surface area contributed by atoms with E-state index < -0.39 is 11.8 Å². The molecule has 2 aromatic carbocycles. The number of aromatic nitrogens is 2. The maximum absolute atomic E-state index is 12.9. The molecular formula is C31H31Cl4N5O4. The van der Waals surface area contributed by atoms with E-state index in [0.29, 0.717) is 50.6 Å². The minimum Gasteiger partial charge on any atom is -0.485 e. The van der Waals surface area contributed by atoms with Gasteiger partial charge >= 0.3 is 0 Å². The second kappa shape index (κ2) is 15.3. The van der Waals surface area contributed by atoms with Crippen molar-refractivity contribution >= 4 is 82.3 Å². The number of pyridine rings is 1. The molecule has 0 atom stereocenters. The molecule has 0 aliphatic heterocycles. The molecule has 0 saturated heterocycles. The number of rotatable bonds is 10. The first-order valence-corrected chi connectivity index (χ1v) is 14.5. The average molecular weight is 679 g/mol. The number of ether oxygens (including phenoxy) is 1. The molecule has 0 fully saturated rings. The summed E-state index contributed by atoms with van der Waals surface area (Å²) < 4.78 is 7.72. The maximum Gasteiger partial charge on any atom is 0.253 e. The molecule has 13 heteroatoms. The molecule has 0 radical (unpaired) electrons. The van der Waals surface area contributed by atoms with E-state index in [0.717, 1.165) is 5.56 Å². The van der Waals surface area contributed by atoms with E-state index in [1.807, 2.05) is 6.92 Å². The van der Waals surface area contributed by atoms with Crippen LogP contribution in [0.5, 0.6) is 5.75 Å². The number of fused-ring (bicyclic) bond motifs is 1. The van der Waals surface area contributed by atoms with E-state index in [9.17, 15) is 14.4 Å². The summed E-state index contributed by atoms with van der Waals surface area (Å²) in [5, 5.41) is 3.68. The van der Waals surface area contributed by atoms with Crippen molar-refractivity contribution in [1.82, 2.24) is 19.6 Å². The Labute approximate surface area is 276 Å². The van der Waals surface area contributed by atoms with Crippen molar-refractivity contribution in [3.8, 4) is 5.75 Å². The average Bonchev–Trinajstić information content (AvgIpc) is 3.31. The van der Waals surface area contributed by atoms with Gasteiger partial charge in [-0.25, -0.2) is 4.98 Å². The highest BCUT2D eigenvalue weighted by molar-refractivity contribution is 6.38. The molecule has 3 amide bonds. The number of imidazole rings is 1. The van der Waals surface area contributed by atoms with Gasteiger partial charge in [0.15, 0.2) is 11.4 Å². The molecule has 2 heterocycles. The molecule has 1 N–H and O–H groups in total. The van der Waals surface area contributed by atoms with Crippen molar-refractivity contribution < 1.29 is 19.1 Å². The first-order valence-electron chi connectivity index (χ1n) is 13.3. The minimum absolute atomic E-state index is 0. The van der Waals surface area contributed by atoms with Crippen molar-refractivity contribution in [2.24, 2.45) is 0 Å². The molecule has 4 rings (SSSR count). The number of carbonyl (C=O) groups is 3. The van der Waals surface area contributed by atoms with Crippen LogP contribution in [0.3, 0.4) is 0 Å². The number of nitrogens with one attached hydrogen (secondary N) is 1. The Bertz CT molecular complexity index is 1710. The molecule has 0 spiro atoms. The Morgan fingerprint density at radius 3 is 2.43 bits per heavy atom. The summed E-state index contributed by atoms with van der Waals surface area (Å²) >= 11 is 19.4. The Morgan fingerprint density at radius 1 is 1.05 bits per heavy atom. The largest absolute Gasteiger partial charge is 0.485 e. The van der Waals surface area contributed by atoms with Gasteiger partial charge in [0, 0.05) is 49.1 Å². The van der Waals surface area contributed by atoms with Crippen molar-refractivity contribution in [2.75, 3.05) is 32.1 Å². The molecule has 4 aromatic rings. The third-order valence-corrected chi connectivity index (χ3v) is 8.04. The lowest BCUT2D eigenvalue weighted by Crippen LogP contribution is -2.37. The van der Waals surface area contributed by atoms with Crippen LogP contribution >= 0.6 is 47.2 Å². The van der Waals surface area contributed by atoms with Crippen LogP contribution in [0.25, 0.3) is 11.7 Å². The van der Waals surface area contributed by atoms with Crippen LogP contribution in [0.4, 0.5) is 5.69 Å². The molecule has 9 nitrogen and oxygen atoms in total. The van der Waals surface area contributed by atoms with Gasteiger partial charge in [-0.15, -0.1) is 12.4 Å². The summed E-state index contributed by atoms with van der Waals surface area (Å²) in [5.41, 5.74) is 3.40. The van der Waals surface area contributed by atoms with Crippen LogP contribution in [0.1, 0.15) is 34.1 Å². The summed E-state index contributed by atoms with van der Waals surface area (Å²) in [6, 6.07) is 13.7. The fraction of sp³-hybridized carbons (Fsp3) is 0.226. The Morgan fingerprint density at radius 2 is 1.75 bits per heavy atom. The Hall–Kier alpha value is -3.76. The third-order valence-electron chi connectivity index (χ3n) is 6.81. The lowest BCUT2D eigenvalue weighted by Gasteiger charge is -2.21. The highest BCUT2D eigenvalue weighted by Gasteiger charge is 2.20. The number of likely N-dealkylation sites (N-methyl/N-ethyl adjacent to an activating group) is 1. The standard InChI is InChI=1S/C31H30Cl3N5O4.ClH/c1-5-37(3)31(42)21-11-8-20(9-12-21)10-15-26(40)35-17-27(41)38(4)24-14-13-23(32)22(28(24)33)18-43-25-7-6-16-39-29(34)19(2)36-30(25)39;/h6-16H,5,17-18H2,1-4H3,(H,35,40);1H. The SMILES string of the molecule is CCN(C)C(=O)c1ccc(C=CC(=O)NCC(=O)N(C)c2ccc(Cl)c(COc3cccn4c(Cl)c(C)nc34)c2Cl)cc1.Cl. The van der Waals surface area contributed by atoms with E-state index in [2.05, 4.69) is 10.3 Å². The van der Waals surface area contributed by atoms with Gasteiger partial charge < -0.3 is 19.9 Å². The summed E-state index contributed by atoms with van der Waals surface area (Å²) in [6.45, 7) is 4.06.